The minimum atomic E-state index is -1.22. The number of carbonyl (C=O) groups is 2. The smallest absolute Gasteiger partial charge is 0.333 e. The van der Waals surface area contributed by atoms with E-state index >= 15 is 0 Å². The van der Waals surface area contributed by atoms with Gasteiger partial charge in [0.2, 0.25) is 5.69 Å². The standard InChI is InChI=1S/C51H51N3O4S3/c1-8-10-11-14-26-54-39-19-17-31(40-21-22-43(60-40)44-24-23-42(61-44)41-20-18-32(59-41)28-37(52-7)49(57)58)27-36(39)51(5,6)46(54)30-34-47(55)33(48(34)56)29-45-50(3,4)35-15-12-13-16-38(35)53(45)25-9-2/h12-13,15-24,27-30,33,47,55H,8-11,14,25-26H2,1-6H3/p+1. The number of rotatable bonds is 14. The van der Waals surface area contributed by atoms with Crippen LogP contribution >= 0.6 is 34.0 Å². The van der Waals surface area contributed by atoms with Gasteiger partial charge >= 0.3 is 5.97 Å². The number of carbonyl (C=O) groups excluding carboxylic acids is 1. The predicted molar refractivity (Wildman–Crippen MR) is 253 cm³/mol. The van der Waals surface area contributed by atoms with E-state index in [1.807, 2.05) is 24.3 Å². The van der Waals surface area contributed by atoms with Gasteiger partial charge in [0, 0.05) is 82.3 Å². The van der Waals surface area contributed by atoms with Gasteiger partial charge in [-0.3, -0.25) is 9.59 Å². The molecule has 0 spiro atoms. The summed E-state index contributed by atoms with van der Waals surface area (Å²) in [6.45, 7) is 22.2. The first kappa shape index (κ1) is 42.5. The van der Waals surface area contributed by atoms with Gasteiger partial charge in [-0.15, -0.1) is 34.0 Å². The van der Waals surface area contributed by atoms with E-state index in [4.69, 9.17) is 6.57 Å². The topological polar surface area (TPSA) is 85.2 Å². The van der Waals surface area contributed by atoms with Gasteiger partial charge in [0.1, 0.15) is 6.54 Å². The summed E-state index contributed by atoms with van der Waals surface area (Å²) in [7, 11) is 0. The first-order valence-corrected chi connectivity index (χ1v) is 23.7. The van der Waals surface area contributed by atoms with Crippen molar-refractivity contribution in [1.29, 1.82) is 0 Å². The van der Waals surface area contributed by atoms with Crippen LogP contribution in [0.3, 0.4) is 0 Å². The molecule has 1 saturated carbocycles. The molecule has 2 atom stereocenters. The van der Waals surface area contributed by atoms with Crippen LogP contribution in [0.5, 0.6) is 0 Å². The van der Waals surface area contributed by atoms with Crippen LogP contribution in [-0.2, 0) is 20.4 Å². The zero-order chi connectivity index (χ0) is 43.2. The number of aliphatic hydroxyl groups is 1. The molecule has 3 aliphatic rings. The van der Waals surface area contributed by atoms with Crippen LogP contribution in [0, 0.1) is 12.5 Å². The average Bonchev–Trinajstić information content (AvgIpc) is 4.09. The number of carboxylic acid groups (broad SMARTS) is 1. The molecule has 8 rings (SSSR count). The summed E-state index contributed by atoms with van der Waals surface area (Å²) in [5.41, 5.74) is 7.63. The number of ketones is 1. The van der Waals surface area contributed by atoms with Crippen molar-refractivity contribution >= 4 is 68.9 Å². The second kappa shape index (κ2) is 16.9. The number of aliphatic hydroxyl groups excluding tert-OH is 1. The number of anilines is 1. The summed E-state index contributed by atoms with van der Waals surface area (Å²) in [5.74, 6) is -1.80. The van der Waals surface area contributed by atoms with Crippen LogP contribution in [0.15, 0.2) is 108 Å². The summed E-state index contributed by atoms with van der Waals surface area (Å²) in [6.07, 6.45) is 10.1. The highest BCUT2D eigenvalue weighted by Crippen LogP contribution is 2.50. The van der Waals surface area contributed by atoms with Crippen molar-refractivity contribution in [3.63, 3.8) is 0 Å². The molecule has 1 fully saturated rings. The van der Waals surface area contributed by atoms with Crippen molar-refractivity contribution < 1.29 is 24.4 Å². The van der Waals surface area contributed by atoms with Crippen molar-refractivity contribution in [2.45, 2.75) is 90.6 Å². The summed E-state index contributed by atoms with van der Waals surface area (Å²) in [5, 5.41) is 21.1. The fourth-order valence-electron chi connectivity index (χ4n) is 9.12. The lowest BCUT2D eigenvalue weighted by Gasteiger charge is -2.35. The monoisotopic (exact) mass is 866 g/mol. The molecule has 5 aromatic rings. The highest BCUT2D eigenvalue weighted by atomic mass is 32.1. The van der Waals surface area contributed by atoms with E-state index in [0.717, 1.165) is 80.9 Å². The zero-order valence-electron chi connectivity index (χ0n) is 35.6. The third-order valence-corrected chi connectivity index (χ3v) is 16.1. The van der Waals surface area contributed by atoms with E-state index in [2.05, 4.69) is 123 Å². The molecule has 10 heteroatoms. The van der Waals surface area contributed by atoms with E-state index in [9.17, 15) is 19.8 Å². The summed E-state index contributed by atoms with van der Waals surface area (Å²) < 4.78 is 2.40. The number of Topliss-reactive ketones (excluding diaryl/α,β-unsaturated/α-hetero) is 1. The van der Waals surface area contributed by atoms with Gasteiger partial charge in [0.25, 0.3) is 5.70 Å². The number of unbranched alkanes of at least 4 members (excludes halogenated alkanes) is 3. The molecule has 0 bridgehead atoms. The van der Waals surface area contributed by atoms with Gasteiger partial charge < -0.3 is 15.1 Å². The Morgan fingerprint density at radius 1 is 0.836 bits per heavy atom. The van der Waals surface area contributed by atoms with Gasteiger partial charge in [-0.1, -0.05) is 64.8 Å². The maximum Gasteiger partial charge on any atom is 0.333 e. The molecule has 7 nitrogen and oxygen atoms in total. The molecule has 5 heterocycles. The van der Waals surface area contributed by atoms with Crippen molar-refractivity contribution in [3.8, 4) is 29.9 Å². The quantitative estimate of drug-likeness (QED) is 0.0503. The Labute approximate surface area is 371 Å². The van der Waals surface area contributed by atoms with E-state index in [1.54, 1.807) is 22.7 Å². The first-order valence-electron chi connectivity index (χ1n) is 21.2. The maximum atomic E-state index is 14.1. The van der Waals surface area contributed by atoms with Crippen molar-refractivity contribution in [2.75, 3.05) is 18.0 Å². The molecule has 1 aliphatic carbocycles. The number of thiophene rings is 3. The number of para-hydroxylation sites is 1. The van der Waals surface area contributed by atoms with Gasteiger partial charge in [0.05, 0.1) is 24.0 Å². The molecule has 2 aromatic carbocycles. The Balaban J connectivity index is 1.06. The normalized spacial score (nSPS) is 20.3. The van der Waals surface area contributed by atoms with Crippen molar-refractivity contribution in [1.82, 2.24) is 0 Å². The van der Waals surface area contributed by atoms with Crippen LogP contribution in [0.4, 0.5) is 11.4 Å². The molecule has 3 aromatic heterocycles. The molecule has 2 aliphatic heterocycles. The lowest BCUT2D eigenvalue weighted by Crippen LogP contribution is -2.46. The minimum absolute atomic E-state index is 0.000656. The van der Waals surface area contributed by atoms with E-state index in [0.29, 0.717) is 5.57 Å². The van der Waals surface area contributed by atoms with Gasteiger partial charge in [-0.2, -0.15) is 4.58 Å². The Morgan fingerprint density at radius 3 is 2.18 bits per heavy atom. The Bertz CT molecular complexity index is 2710. The van der Waals surface area contributed by atoms with Crippen molar-refractivity contribution in [2.24, 2.45) is 5.92 Å². The van der Waals surface area contributed by atoms with Gasteiger partial charge in [-0.25, -0.2) is 4.85 Å². The number of nitrogens with zero attached hydrogens (tertiary/aromatic N) is 3. The SMILES string of the molecule is [C-]#[N+]C(=Cc1ccc(-c2ccc(-c3ccc(-c4ccc5c(c4)C(C)(C)C(C=C4C(=O)C(C=C6N(CCC)c7ccccc7C6(C)C)C4O)=[N+]5CCCCCC)s3)s2)s1)C(=O)O. The van der Waals surface area contributed by atoms with E-state index < -0.39 is 23.4 Å². The summed E-state index contributed by atoms with van der Waals surface area (Å²) >= 11 is 4.93. The minimum Gasteiger partial charge on any atom is -0.486 e. The van der Waals surface area contributed by atoms with E-state index in [-0.39, 0.29) is 16.9 Å². The van der Waals surface area contributed by atoms with Crippen LogP contribution in [0.2, 0.25) is 0 Å². The molecule has 2 N–H and O–H groups in total. The van der Waals surface area contributed by atoms with Crippen LogP contribution < -0.4 is 4.90 Å². The first-order chi connectivity index (χ1) is 29.3. The van der Waals surface area contributed by atoms with Gasteiger partial charge in [-0.05, 0) is 98.5 Å². The molecule has 61 heavy (non-hydrogen) atoms. The van der Waals surface area contributed by atoms with Crippen LogP contribution in [0.1, 0.15) is 89.7 Å². The molecule has 0 radical (unpaired) electrons. The summed E-state index contributed by atoms with van der Waals surface area (Å²) in [6, 6.07) is 27.7. The lowest BCUT2D eigenvalue weighted by molar-refractivity contribution is -0.438. The molecule has 0 amide bonds. The highest BCUT2D eigenvalue weighted by Gasteiger charge is 2.50. The maximum absolute atomic E-state index is 14.1. The fourth-order valence-corrected chi connectivity index (χ4v) is 12.3. The number of carboxylic acids is 1. The third-order valence-electron chi connectivity index (χ3n) is 12.5. The Morgan fingerprint density at radius 2 is 1.51 bits per heavy atom. The largest absolute Gasteiger partial charge is 0.486 e. The number of fused-ring (bicyclic) bond motifs is 2. The zero-order valence-corrected chi connectivity index (χ0v) is 38.1. The second-order valence-corrected chi connectivity index (χ2v) is 20.5. The Kier molecular flexibility index (Phi) is 11.8. The number of benzene rings is 2. The van der Waals surface area contributed by atoms with E-state index in [1.165, 1.54) is 50.4 Å². The number of aliphatic carboxylic acids is 1. The highest BCUT2D eigenvalue weighted by molar-refractivity contribution is 7.27. The third kappa shape index (κ3) is 7.71. The molecular weight excluding hydrogens is 815 g/mol. The predicted octanol–water partition coefficient (Wildman–Crippen LogP) is 12.8. The van der Waals surface area contributed by atoms with Crippen LogP contribution in [-0.4, -0.2) is 51.4 Å². The van der Waals surface area contributed by atoms with Crippen LogP contribution in [0.25, 0.3) is 40.9 Å². The Hall–Kier alpha value is -5.18. The average molecular weight is 867 g/mol. The fraction of sp³-hybridized carbons (Fsp3) is 0.333. The molecule has 312 valence electrons. The molecular formula is C51H52N3O4S3+. The number of hydrogen-bond acceptors (Lipinski definition) is 7. The number of allylic oxidation sites excluding steroid dienone is 2. The summed E-state index contributed by atoms with van der Waals surface area (Å²) in [4.78, 5) is 37.3. The molecule has 2 unspecified atom stereocenters. The number of hydrogen-bond donors (Lipinski definition) is 2. The molecule has 0 saturated heterocycles. The lowest BCUT2D eigenvalue weighted by atomic mass is 9.71. The van der Waals surface area contributed by atoms with Crippen molar-refractivity contribution in [3.05, 3.63) is 135 Å². The van der Waals surface area contributed by atoms with Gasteiger partial charge in [0.15, 0.2) is 11.5 Å². The second-order valence-electron chi connectivity index (χ2n) is 17.2.